The molecule has 2 rings (SSSR count). The van der Waals surface area contributed by atoms with Crippen molar-refractivity contribution in [1.29, 1.82) is 0 Å². The van der Waals surface area contributed by atoms with E-state index in [1.807, 2.05) is 0 Å². The number of carboxylic acid groups (broad SMARTS) is 1. The standard InChI is InChI=1S/C13H15N3O4S/c1-8-6-10(13(17)18)7-11(9(8)2)21(19,20)15-12-4-5-14-16(12)3/h4-7,15H,1-3H3,(H,17,18). The number of sulfonamides is 1. The van der Waals surface area contributed by atoms with E-state index in [1.54, 1.807) is 20.9 Å². The van der Waals surface area contributed by atoms with Gasteiger partial charge in [0.2, 0.25) is 0 Å². The molecule has 112 valence electrons. The van der Waals surface area contributed by atoms with Gasteiger partial charge in [0.15, 0.2) is 0 Å². The van der Waals surface area contributed by atoms with Crippen LogP contribution < -0.4 is 4.72 Å². The molecule has 1 aromatic carbocycles. The molecule has 1 heterocycles. The highest BCUT2D eigenvalue weighted by molar-refractivity contribution is 7.92. The van der Waals surface area contributed by atoms with Gasteiger partial charge in [0.1, 0.15) is 5.82 Å². The van der Waals surface area contributed by atoms with Gasteiger partial charge >= 0.3 is 5.97 Å². The molecule has 2 N–H and O–H groups in total. The average molecular weight is 309 g/mol. The molecule has 0 saturated carbocycles. The van der Waals surface area contributed by atoms with Crippen molar-refractivity contribution in [3.8, 4) is 0 Å². The number of aromatic nitrogens is 2. The molecular formula is C13H15N3O4S. The maximum absolute atomic E-state index is 12.5. The molecule has 0 atom stereocenters. The molecule has 8 heteroatoms. The smallest absolute Gasteiger partial charge is 0.335 e. The van der Waals surface area contributed by atoms with E-state index in [4.69, 9.17) is 5.11 Å². The van der Waals surface area contributed by atoms with Crippen LogP contribution in [0.25, 0.3) is 0 Å². The number of carboxylic acids is 1. The molecule has 21 heavy (non-hydrogen) atoms. The fourth-order valence-electron chi connectivity index (χ4n) is 1.90. The van der Waals surface area contributed by atoms with Gasteiger partial charge in [0, 0.05) is 13.1 Å². The number of aryl methyl sites for hydroxylation is 2. The highest BCUT2D eigenvalue weighted by Gasteiger charge is 2.21. The molecule has 0 aliphatic carbocycles. The van der Waals surface area contributed by atoms with E-state index in [9.17, 15) is 13.2 Å². The molecule has 7 nitrogen and oxygen atoms in total. The van der Waals surface area contributed by atoms with Crippen LogP contribution in [-0.2, 0) is 17.1 Å². The lowest BCUT2D eigenvalue weighted by molar-refractivity contribution is 0.0696. The number of nitrogens with one attached hydrogen (secondary N) is 1. The number of nitrogens with zero attached hydrogens (tertiary/aromatic N) is 2. The van der Waals surface area contributed by atoms with Crippen molar-refractivity contribution in [3.05, 3.63) is 41.1 Å². The van der Waals surface area contributed by atoms with Gasteiger partial charge in [-0.1, -0.05) is 0 Å². The monoisotopic (exact) mass is 309 g/mol. The van der Waals surface area contributed by atoms with Crippen LogP contribution in [0.4, 0.5) is 5.82 Å². The molecule has 0 aliphatic rings. The topological polar surface area (TPSA) is 101 Å². The van der Waals surface area contributed by atoms with Gasteiger partial charge in [0.25, 0.3) is 10.0 Å². The SMILES string of the molecule is Cc1cc(C(=O)O)cc(S(=O)(=O)Nc2ccnn2C)c1C. The highest BCUT2D eigenvalue weighted by Crippen LogP contribution is 2.23. The Labute approximate surface area is 122 Å². The summed E-state index contributed by atoms with van der Waals surface area (Å²) in [5.41, 5.74) is 1.04. The highest BCUT2D eigenvalue weighted by atomic mass is 32.2. The summed E-state index contributed by atoms with van der Waals surface area (Å²) in [5, 5.41) is 12.9. The molecule has 0 bridgehead atoms. The Morgan fingerprint density at radius 1 is 1.33 bits per heavy atom. The van der Waals surface area contributed by atoms with Crippen LogP contribution in [0.2, 0.25) is 0 Å². The summed E-state index contributed by atoms with van der Waals surface area (Å²) in [6.45, 7) is 3.31. The third-order valence-corrected chi connectivity index (χ3v) is 4.70. The van der Waals surface area contributed by atoms with E-state index in [1.165, 1.54) is 23.0 Å². The summed E-state index contributed by atoms with van der Waals surface area (Å²) in [6, 6.07) is 4.12. The van der Waals surface area contributed by atoms with Gasteiger partial charge in [-0.05, 0) is 37.1 Å². The Kier molecular flexibility index (Phi) is 3.73. The Morgan fingerprint density at radius 2 is 2.00 bits per heavy atom. The number of rotatable bonds is 4. The molecule has 0 radical (unpaired) electrons. The number of aromatic carboxylic acids is 1. The number of anilines is 1. The Hall–Kier alpha value is -2.35. The van der Waals surface area contributed by atoms with Crippen LogP contribution in [0.5, 0.6) is 0 Å². The quantitative estimate of drug-likeness (QED) is 0.892. The Morgan fingerprint density at radius 3 is 2.52 bits per heavy atom. The van der Waals surface area contributed by atoms with E-state index in [0.717, 1.165) is 6.07 Å². The summed E-state index contributed by atoms with van der Waals surface area (Å²) in [5.74, 6) is -0.872. The molecule has 0 amide bonds. The third kappa shape index (κ3) is 2.89. The van der Waals surface area contributed by atoms with Crippen molar-refractivity contribution < 1.29 is 18.3 Å². The number of benzene rings is 1. The minimum Gasteiger partial charge on any atom is -0.478 e. The van der Waals surface area contributed by atoms with Gasteiger partial charge in [-0.3, -0.25) is 9.40 Å². The molecule has 0 aliphatic heterocycles. The lowest BCUT2D eigenvalue weighted by Gasteiger charge is -2.13. The van der Waals surface area contributed by atoms with E-state index < -0.39 is 16.0 Å². The van der Waals surface area contributed by atoms with Gasteiger partial charge in [-0.15, -0.1) is 0 Å². The van der Waals surface area contributed by atoms with Crippen LogP contribution >= 0.6 is 0 Å². The van der Waals surface area contributed by atoms with E-state index in [2.05, 4.69) is 9.82 Å². The van der Waals surface area contributed by atoms with E-state index >= 15 is 0 Å². The molecule has 0 unspecified atom stereocenters. The normalized spacial score (nSPS) is 11.4. The maximum atomic E-state index is 12.5. The zero-order valence-corrected chi connectivity index (χ0v) is 12.6. The van der Waals surface area contributed by atoms with Crippen LogP contribution in [-0.4, -0.2) is 29.3 Å². The van der Waals surface area contributed by atoms with Crippen molar-refractivity contribution in [3.63, 3.8) is 0 Å². The minimum absolute atomic E-state index is 0.0545. The summed E-state index contributed by atoms with van der Waals surface area (Å²) < 4.78 is 28.7. The second-order valence-corrected chi connectivity index (χ2v) is 6.32. The van der Waals surface area contributed by atoms with Crippen molar-refractivity contribution in [1.82, 2.24) is 9.78 Å². The Bertz CT molecular complexity index is 809. The second-order valence-electron chi connectivity index (χ2n) is 4.67. The maximum Gasteiger partial charge on any atom is 0.335 e. The van der Waals surface area contributed by atoms with Gasteiger partial charge < -0.3 is 5.11 Å². The zero-order chi connectivity index (χ0) is 15.8. The lowest BCUT2D eigenvalue weighted by atomic mass is 10.1. The van der Waals surface area contributed by atoms with Gasteiger partial charge in [0.05, 0.1) is 16.7 Å². The largest absolute Gasteiger partial charge is 0.478 e. The summed E-state index contributed by atoms with van der Waals surface area (Å²) in [6.07, 6.45) is 1.46. The molecule has 0 spiro atoms. The summed E-state index contributed by atoms with van der Waals surface area (Å²) in [7, 11) is -2.29. The average Bonchev–Trinajstić information content (AvgIpc) is 2.77. The lowest BCUT2D eigenvalue weighted by Crippen LogP contribution is -2.17. The third-order valence-electron chi connectivity index (χ3n) is 3.22. The van der Waals surface area contributed by atoms with Crippen molar-refractivity contribution in [2.75, 3.05) is 4.72 Å². The van der Waals surface area contributed by atoms with Crippen molar-refractivity contribution in [2.24, 2.45) is 7.05 Å². The first-order valence-corrected chi connectivity index (χ1v) is 7.56. The van der Waals surface area contributed by atoms with Gasteiger partial charge in [-0.2, -0.15) is 5.10 Å². The van der Waals surface area contributed by atoms with E-state index in [0.29, 0.717) is 16.9 Å². The number of carbonyl (C=O) groups is 1. The van der Waals surface area contributed by atoms with Gasteiger partial charge in [-0.25, -0.2) is 13.2 Å². The van der Waals surface area contributed by atoms with Crippen LogP contribution in [0.3, 0.4) is 0 Å². The van der Waals surface area contributed by atoms with Crippen LogP contribution in [0, 0.1) is 13.8 Å². The van der Waals surface area contributed by atoms with Crippen molar-refractivity contribution >= 4 is 21.8 Å². The molecular weight excluding hydrogens is 294 g/mol. The first-order chi connectivity index (χ1) is 9.72. The predicted octanol–water partition coefficient (Wildman–Crippen LogP) is 1.54. The fourth-order valence-corrected chi connectivity index (χ4v) is 3.33. The molecule has 0 fully saturated rings. The van der Waals surface area contributed by atoms with E-state index in [-0.39, 0.29) is 10.5 Å². The molecule has 1 aromatic heterocycles. The fraction of sp³-hybridized carbons (Fsp3) is 0.231. The predicted molar refractivity (Wildman–Crippen MR) is 76.9 cm³/mol. The van der Waals surface area contributed by atoms with Crippen LogP contribution in [0.15, 0.2) is 29.3 Å². The summed E-state index contributed by atoms with van der Waals surface area (Å²) in [4.78, 5) is 11.0. The van der Waals surface area contributed by atoms with Crippen molar-refractivity contribution in [2.45, 2.75) is 18.7 Å². The summed E-state index contributed by atoms with van der Waals surface area (Å²) >= 11 is 0. The zero-order valence-electron chi connectivity index (χ0n) is 11.8. The first kappa shape index (κ1) is 15.0. The molecule has 2 aromatic rings. The Balaban J connectivity index is 2.54. The first-order valence-electron chi connectivity index (χ1n) is 6.08. The number of hydrogen-bond acceptors (Lipinski definition) is 4. The number of hydrogen-bond donors (Lipinski definition) is 2. The minimum atomic E-state index is -3.89. The molecule has 0 saturated heterocycles. The van der Waals surface area contributed by atoms with Crippen LogP contribution in [0.1, 0.15) is 21.5 Å². The second kappa shape index (κ2) is 5.21.